The third kappa shape index (κ3) is 4.15. The zero-order valence-electron chi connectivity index (χ0n) is 16.0. The number of ketones is 1. The van der Waals surface area contributed by atoms with Crippen LogP contribution in [0.25, 0.3) is 0 Å². The van der Waals surface area contributed by atoms with Gasteiger partial charge in [-0.15, -0.1) is 21.5 Å². The topological polar surface area (TPSA) is 57.0 Å². The molecule has 2 heterocycles. The van der Waals surface area contributed by atoms with E-state index in [1.807, 2.05) is 31.2 Å². The van der Waals surface area contributed by atoms with Crippen LogP contribution in [0.4, 0.5) is 0 Å². The first-order valence-electron chi connectivity index (χ1n) is 9.50. The summed E-state index contributed by atoms with van der Waals surface area (Å²) in [7, 11) is 1.63. The number of nitrogens with zero attached hydrogens (tertiary/aromatic N) is 3. The zero-order valence-corrected chi connectivity index (χ0v) is 17.6. The van der Waals surface area contributed by atoms with Crippen LogP contribution >= 0.6 is 23.1 Å². The molecule has 0 saturated heterocycles. The molecule has 1 fully saturated rings. The molecular formula is C21H23N3O2S2. The van der Waals surface area contributed by atoms with Crippen LogP contribution in [0.3, 0.4) is 0 Å². The highest BCUT2D eigenvalue weighted by atomic mass is 32.2. The van der Waals surface area contributed by atoms with Gasteiger partial charge in [-0.25, -0.2) is 0 Å². The number of aromatic nitrogens is 3. The van der Waals surface area contributed by atoms with E-state index in [0.717, 1.165) is 42.4 Å². The van der Waals surface area contributed by atoms with Crippen LogP contribution in [0, 0.1) is 0 Å². The number of carbonyl (C=O) groups is 1. The maximum atomic E-state index is 13.0. The Hall–Kier alpha value is -2.12. The molecule has 1 aliphatic carbocycles. The van der Waals surface area contributed by atoms with E-state index in [9.17, 15) is 4.79 Å². The van der Waals surface area contributed by atoms with E-state index in [4.69, 9.17) is 4.74 Å². The van der Waals surface area contributed by atoms with Crippen molar-refractivity contribution in [1.82, 2.24) is 14.8 Å². The number of methoxy groups -OCH3 is 1. The van der Waals surface area contributed by atoms with Crippen LogP contribution in [0.2, 0.25) is 0 Å². The van der Waals surface area contributed by atoms with Crippen molar-refractivity contribution < 1.29 is 9.53 Å². The van der Waals surface area contributed by atoms with E-state index in [1.165, 1.54) is 4.88 Å². The summed E-state index contributed by atoms with van der Waals surface area (Å²) in [6.07, 6.45) is 3.86. The predicted molar refractivity (Wildman–Crippen MR) is 113 cm³/mol. The van der Waals surface area contributed by atoms with E-state index >= 15 is 0 Å². The molecule has 28 heavy (non-hydrogen) atoms. The first-order valence-corrected chi connectivity index (χ1v) is 11.3. The molecule has 0 aliphatic heterocycles. The van der Waals surface area contributed by atoms with Crippen molar-refractivity contribution in [3.05, 3.63) is 58.0 Å². The molecule has 7 heteroatoms. The van der Waals surface area contributed by atoms with Crippen molar-refractivity contribution in [1.29, 1.82) is 0 Å². The van der Waals surface area contributed by atoms with Gasteiger partial charge in [0.1, 0.15) is 11.6 Å². The van der Waals surface area contributed by atoms with Crippen molar-refractivity contribution in [2.75, 3.05) is 7.11 Å². The van der Waals surface area contributed by atoms with Gasteiger partial charge in [-0.3, -0.25) is 4.79 Å². The number of thiophene rings is 1. The minimum absolute atomic E-state index is 0.125. The van der Waals surface area contributed by atoms with E-state index in [-0.39, 0.29) is 11.0 Å². The van der Waals surface area contributed by atoms with E-state index in [0.29, 0.717) is 11.6 Å². The molecule has 1 saturated carbocycles. The van der Waals surface area contributed by atoms with Gasteiger partial charge in [0.05, 0.1) is 12.4 Å². The number of rotatable bonds is 9. The second kappa shape index (κ2) is 8.49. The number of thioether (sulfide) groups is 1. The van der Waals surface area contributed by atoms with Crippen molar-refractivity contribution >= 4 is 28.9 Å². The Balaban J connectivity index is 1.54. The lowest BCUT2D eigenvalue weighted by Crippen LogP contribution is -2.17. The molecule has 0 bridgehead atoms. The monoisotopic (exact) mass is 413 g/mol. The van der Waals surface area contributed by atoms with Crippen molar-refractivity contribution in [3.63, 3.8) is 0 Å². The molecule has 3 aromatic rings. The van der Waals surface area contributed by atoms with Gasteiger partial charge in [0.25, 0.3) is 0 Å². The Kier molecular flexibility index (Phi) is 5.82. The Labute approximate surface area is 173 Å². The van der Waals surface area contributed by atoms with Crippen LogP contribution in [-0.4, -0.2) is 32.9 Å². The van der Waals surface area contributed by atoms with Gasteiger partial charge in [-0.1, -0.05) is 24.8 Å². The fourth-order valence-electron chi connectivity index (χ4n) is 3.17. The average molecular weight is 414 g/mol. The molecule has 1 atom stereocenters. The fraction of sp³-hybridized carbons (Fsp3) is 0.381. The Morgan fingerprint density at radius 1 is 1.29 bits per heavy atom. The summed E-state index contributed by atoms with van der Waals surface area (Å²) in [4.78, 5) is 14.3. The maximum Gasteiger partial charge on any atom is 0.192 e. The van der Waals surface area contributed by atoms with Crippen LogP contribution in [0.5, 0.6) is 5.75 Å². The molecule has 1 unspecified atom stereocenters. The molecule has 2 aromatic heterocycles. The van der Waals surface area contributed by atoms with Crippen LogP contribution < -0.4 is 4.74 Å². The average Bonchev–Trinajstić information content (AvgIpc) is 3.28. The summed E-state index contributed by atoms with van der Waals surface area (Å²) in [5.74, 6) is 1.88. The molecule has 1 aliphatic rings. The Morgan fingerprint density at radius 2 is 2.07 bits per heavy atom. The Morgan fingerprint density at radius 3 is 2.68 bits per heavy atom. The number of carbonyl (C=O) groups excluding carboxylic acids is 1. The maximum absolute atomic E-state index is 13.0. The predicted octanol–water partition coefficient (Wildman–Crippen LogP) is 5.03. The van der Waals surface area contributed by atoms with Crippen LogP contribution in [0.15, 0.2) is 46.9 Å². The molecule has 146 valence electrons. The first-order chi connectivity index (χ1) is 13.7. The summed E-state index contributed by atoms with van der Waals surface area (Å²) < 4.78 is 7.45. The second-order valence-corrected chi connectivity index (χ2v) is 9.07. The standard InChI is InChI=1S/C21H23N3O2S2/c1-3-18(20(25)14-6-10-16(26-2)11-7-14)28-21-23-22-19(24(21)15-8-9-15)13-17-5-4-12-27-17/h4-7,10-12,15,18H,3,8-9,13H2,1-2H3. The van der Waals surface area contributed by atoms with Gasteiger partial charge < -0.3 is 9.30 Å². The largest absolute Gasteiger partial charge is 0.497 e. The molecule has 5 nitrogen and oxygen atoms in total. The van der Waals surface area contributed by atoms with Crippen molar-refractivity contribution in [2.45, 2.75) is 49.1 Å². The zero-order chi connectivity index (χ0) is 19.5. The minimum Gasteiger partial charge on any atom is -0.497 e. The van der Waals surface area contributed by atoms with E-state index < -0.39 is 0 Å². The van der Waals surface area contributed by atoms with Gasteiger partial charge in [0, 0.05) is 22.9 Å². The summed E-state index contributed by atoms with van der Waals surface area (Å²) in [5, 5.41) is 11.7. The van der Waals surface area contributed by atoms with E-state index in [1.54, 1.807) is 30.2 Å². The van der Waals surface area contributed by atoms with Gasteiger partial charge in [0.15, 0.2) is 10.9 Å². The van der Waals surface area contributed by atoms with Gasteiger partial charge in [-0.2, -0.15) is 0 Å². The summed E-state index contributed by atoms with van der Waals surface area (Å²) in [5.41, 5.74) is 0.705. The number of benzene rings is 1. The number of hydrogen-bond acceptors (Lipinski definition) is 6. The lowest BCUT2D eigenvalue weighted by Gasteiger charge is -2.15. The SMILES string of the molecule is CCC(Sc1nnc(Cc2cccs2)n1C1CC1)C(=O)c1ccc(OC)cc1. The summed E-state index contributed by atoms with van der Waals surface area (Å²) >= 11 is 3.28. The summed E-state index contributed by atoms with van der Waals surface area (Å²) in [6.45, 7) is 2.05. The summed E-state index contributed by atoms with van der Waals surface area (Å²) in [6, 6.07) is 12.0. The van der Waals surface area contributed by atoms with Gasteiger partial charge in [-0.05, 0) is 55.0 Å². The quantitative estimate of drug-likeness (QED) is 0.364. The molecule has 0 radical (unpaired) electrons. The number of ether oxygens (including phenoxy) is 1. The first kappa shape index (κ1) is 19.2. The third-order valence-corrected chi connectivity index (χ3v) is 7.04. The lowest BCUT2D eigenvalue weighted by atomic mass is 10.1. The molecule has 0 spiro atoms. The Bertz CT molecular complexity index is 931. The number of Topliss-reactive ketones (excluding diaryl/α,β-unsaturated/α-hetero) is 1. The van der Waals surface area contributed by atoms with Gasteiger partial charge >= 0.3 is 0 Å². The van der Waals surface area contributed by atoms with Gasteiger partial charge in [0.2, 0.25) is 0 Å². The highest BCUT2D eigenvalue weighted by molar-refractivity contribution is 8.00. The highest BCUT2D eigenvalue weighted by Gasteiger charge is 2.31. The van der Waals surface area contributed by atoms with Crippen molar-refractivity contribution in [3.8, 4) is 5.75 Å². The van der Waals surface area contributed by atoms with E-state index in [2.05, 4.69) is 32.3 Å². The molecule has 1 aromatic carbocycles. The van der Waals surface area contributed by atoms with Crippen molar-refractivity contribution in [2.24, 2.45) is 0 Å². The number of hydrogen-bond donors (Lipinski definition) is 0. The molecular weight excluding hydrogens is 390 g/mol. The molecule has 0 N–H and O–H groups in total. The van der Waals surface area contributed by atoms with Crippen LogP contribution in [-0.2, 0) is 6.42 Å². The second-order valence-electron chi connectivity index (χ2n) is 6.86. The minimum atomic E-state index is -0.176. The normalized spacial score (nSPS) is 14.8. The smallest absolute Gasteiger partial charge is 0.192 e. The van der Waals surface area contributed by atoms with Crippen LogP contribution in [0.1, 0.15) is 53.3 Å². The highest BCUT2D eigenvalue weighted by Crippen LogP contribution is 2.40. The third-order valence-electron chi connectivity index (χ3n) is 4.85. The molecule has 4 rings (SSSR count). The fourth-order valence-corrected chi connectivity index (χ4v) is 4.99. The molecule has 0 amide bonds. The lowest BCUT2D eigenvalue weighted by molar-refractivity contribution is 0.0988.